The van der Waals surface area contributed by atoms with Crippen molar-refractivity contribution in [1.82, 2.24) is 16.1 Å². The molecule has 0 aliphatic rings. The van der Waals surface area contributed by atoms with E-state index in [4.69, 9.17) is 10.9 Å². The zero-order chi connectivity index (χ0) is 27.2. The Hall–Kier alpha value is -4.93. The van der Waals surface area contributed by atoms with Crippen LogP contribution >= 0.6 is 0 Å². The quantitative estimate of drug-likeness (QED) is 0.143. The number of hydroxylamine groups is 1. The fourth-order valence-corrected chi connectivity index (χ4v) is 3.22. The number of nitrogens with two attached hydrogens (primary N) is 1. The third-order valence-corrected chi connectivity index (χ3v) is 5.22. The average molecular weight is 526 g/mol. The Morgan fingerprint density at radius 1 is 0.846 bits per heavy atom. The smallest absolute Gasteiger partial charge is 0.267 e. The molecule has 0 aliphatic heterocycles. The highest BCUT2D eigenvalue weighted by Gasteiger charge is 2.19. The molecular formula is C30H31N5O4. The van der Waals surface area contributed by atoms with E-state index in [0.717, 1.165) is 11.1 Å². The van der Waals surface area contributed by atoms with Crippen LogP contribution in [0.1, 0.15) is 34.5 Å². The molecule has 0 saturated heterocycles. The number of nitrogens with one attached hydrogen (secondary N) is 4. The van der Waals surface area contributed by atoms with Gasteiger partial charge in [0.1, 0.15) is 6.04 Å². The fraction of sp³-hybridized carbons (Fsp3) is 0.167. The van der Waals surface area contributed by atoms with Crippen molar-refractivity contribution in [2.24, 2.45) is 5.73 Å². The van der Waals surface area contributed by atoms with Crippen molar-refractivity contribution >= 4 is 23.4 Å². The van der Waals surface area contributed by atoms with Crippen LogP contribution in [0.4, 0.5) is 5.69 Å². The van der Waals surface area contributed by atoms with Gasteiger partial charge in [-0.05, 0) is 65.9 Å². The van der Waals surface area contributed by atoms with E-state index in [2.05, 4.69) is 39.6 Å². The van der Waals surface area contributed by atoms with E-state index >= 15 is 0 Å². The van der Waals surface area contributed by atoms with E-state index in [9.17, 15) is 14.4 Å². The van der Waals surface area contributed by atoms with Crippen LogP contribution in [0.3, 0.4) is 0 Å². The molecule has 3 aromatic rings. The summed E-state index contributed by atoms with van der Waals surface area (Å²) in [6.45, 7) is 0.654. The van der Waals surface area contributed by atoms with Crippen molar-refractivity contribution in [3.05, 3.63) is 101 Å². The van der Waals surface area contributed by atoms with Gasteiger partial charge in [0.2, 0.25) is 5.91 Å². The molecule has 0 bridgehead atoms. The molecule has 39 heavy (non-hydrogen) atoms. The summed E-state index contributed by atoms with van der Waals surface area (Å²) in [5.74, 6) is 9.92. The molecule has 3 rings (SSSR count). The first kappa shape index (κ1) is 30.3. The predicted octanol–water partition coefficient (Wildman–Crippen LogP) is 2.02. The van der Waals surface area contributed by atoms with Crippen molar-refractivity contribution in [3.8, 4) is 23.7 Å². The molecule has 200 valence electrons. The van der Waals surface area contributed by atoms with Gasteiger partial charge in [-0.15, -0.1) is 0 Å². The van der Waals surface area contributed by atoms with Crippen molar-refractivity contribution in [1.29, 1.82) is 0 Å². The number of anilines is 1. The Morgan fingerprint density at radius 2 is 1.44 bits per heavy atom. The lowest BCUT2D eigenvalue weighted by Gasteiger charge is -2.14. The summed E-state index contributed by atoms with van der Waals surface area (Å²) < 4.78 is 0. The topological polar surface area (TPSA) is 146 Å². The number of carbonyl (C=O) groups excluding carboxylic acids is 3. The highest BCUT2D eigenvalue weighted by atomic mass is 16.5. The summed E-state index contributed by atoms with van der Waals surface area (Å²) in [5, 5.41) is 17.1. The maximum atomic E-state index is 12.2. The molecule has 0 spiro atoms. The molecule has 9 nitrogen and oxygen atoms in total. The minimum absolute atomic E-state index is 0. The van der Waals surface area contributed by atoms with Gasteiger partial charge in [-0.1, -0.05) is 49.6 Å². The number of carbonyl (C=O) groups is 3. The number of amides is 3. The molecule has 0 radical (unpaired) electrons. The van der Waals surface area contributed by atoms with Crippen LogP contribution in [0.15, 0.2) is 78.9 Å². The first-order valence-corrected chi connectivity index (χ1v) is 11.7. The zero-order valence-electron chi connectivity index (χ0n) is 20.5. The van der Waals surface area contributed by atoms with Crippen LogP contribution in [0, 0.1) is 23.7 Å². The summed E-state index contributed by atoms with van der Waals surface area (Å²) in [7, 11) is 0. The van der Waals surface area contributed by atoms with Crippen LogP contribution in [-0.4, -0.2) is 42.1 Å². The maximum absolute atomic E-state index is 12.2. The van der Waals surface area contributed by atoms with Crippen molar-refractivity contribution in [2.45, 2.75) is 20.0 Å². The SMILES string of the molecule is C.NC[C@H](NC(=O)c1ccc(C#CC#Cc2ccc(NC(=O)CNCc3ccccc3)cc2)cc1)C(=O)NO. The van der Waals surface area contributed by atoms with E-state index < -0.39 is 17.9 Å². The Morgan fingerprint density at radius 3 is 2.00 bits per heavy atom. The van der Waals surface area contributed by atoms with Gasteiger partial charge >= 0.3 is 0 Å². The van der Waals surface area contributed by atoms with Crippen LogP contribution in [-0.2, 0) is 16.1 Å². The summed E-state index contributed by atoms with van der Waals surface area (Å²) in [4.78, 5) is 35.8. The first-order valence-electron chi connectivity index (χ1n) is 11.7. The van der Waals surface area contributed by atoms with Crippen molar-refractivity contribution in [2.75, 3.05) is 18.4 Å². The van der Waals surface area contributed by atoms with Gasteiger partial charge in [0, 0.05) is 35.5 Å². The van der Waals surface area contributed by atoms with Crippen LogP contribution in [0.2, 0.25) is 0 Å². The number of hydrogen-bond donors (Lipinski definition) is 6. The molecule has 0 unspecified atom stereocenters. The summed E-state index contributed by atoms with van der Waals surface area (Å²) in [5.41, 5.74) is 10.4. The summed E-state index contributed by atoms with van der Waals surface area (Å²) >= 11 is 0. The standard InChI is InChI=1S/C29H27N5O4.CH4/c30-18-26(29(37)34-38)33-28(36)24-14-10-21(11-15-24)6-4-5-7-22-12-16-25(17-13-22)32-27(35)20-31-19-23-8-2-1-3-9-23;/h1-3,8-17,26,31,38H,18-20,30H2,(H,32,35)(H,33,36)(H,34,37);1H4/t26-;/m0./s1. The zero-order valence-corrected chi connectivity index (χ0v) is 20.5. The molecule has 3 amide bonds. The van der Waals surface area contributed by atoms with E-state index in [-0.39, 0.29) is 26.4 Å². The predicted molar refractivity (Wildman–Crippen MR) is 150 cm³/mol. The van der Waals surface area contributed by atoms with Crippen LogP contribution in [0.25, 0.3) is 0 Å². The lowest BCUT2D eigenvalue weighted by molar-refractivity contribution is -0.130. The summed E-state index contributed by atoms with van der Waals surface area (Å²) in [6, 6.07) is 22.4. The first-order chi connectivity index (χ1) is 18.5. The monoisotopic (exact) mass is 525 g/mol. The number of rotatable bonds is 9. The second-order valence-electron chi connectivity index (χ2n) is 8.03. The summed E-state index contributed by atoms with van der Waals surface area (Å²) in [6.07, 6.45) is 0. The van der Waals surface area contributed by atoms with E-state index in [1.165, 1.54) is 5.48 Å². The minimum atomic E-state index is -1.05. The molecule has 7 N–H and O–H groups in total. The van der Waals surface area contributed by atoms with Gasteiger partial charge in [0.05, 0.1) is 6.54 Å². The molecule has 0 heterocycles. The molecule has 9 heteroatoms. The van der Waals surface area contributed by atoms with Crippen molar-refractivity contribution < 1.29 is 19.6 Å². The van der Waals surface area contributed by atoms with E-state index in [1.54, 1.807) is 48.5 Å². The second kappa shape index (κ2) is 16.0. The molecule has 0 fully saturated rings. The minimum Gasteiger partial charge on any atom is -0.339 e. The normalized spacial score (nSPS) is 10.3. The third kappa shape index (κ3) is 10.2. The molecule has 3 aromatic carbocycles. The van der Waals surface area contributed by atoms with Gasteiger partial charge in [0.25, 0.3) is 11.8 Å². The molecule has 0 aromatic heterocycles. The lowest BCUT2D eigenvalue weighted by Crippen LogP contribution is -2.50. The van der Waals surface area contributed by atoms with Gasteiger partial charge in [-0.3, -0.25) is 19.6 Å². The van der Waals surface area contributed by atoms with E-state index in [0.29, 0.717) is 23.4 Å². The largest absolute Gasteiger partial charge is 0.339 e. The Kier molecular flexibility index (Phi) is 12.4. The van der Waals surface area contributed by atoms with Gasteiger partial charge in [-0.2, -0.15) is 0 Å². The molecule has 0 aliphatic carbocycles. The Balaban J connectivity index is 0.00000533. The average Bonchev–Trinajstić information content (AvgIpc) is 2.95. The van der Waals surface area contributed by atoms with Crippen molar-refractivity contribution in [3.63, 3.8) is 0 Å². The van der Waals surface area contributed by atoms with Gasteiger partial charge < -0.3 is 21.7 Å². The van der Waals surface area contributed by atoms with E-state index in [1.807, 2.05) is 30.3 Å². The fourth-order valence-electron chi connectivity index (χ4n) is 3.22. The second-order valence-corrected chi connectivity index (χ2v) is 8.03. The van der Waals surface area contributed by atoms with Crippen LogP contribution < -0.4 is 27.2 Å². The number of hydrogen-bond acceptors (Lipinski definition) is 6. The number of benzene rings is 3. The molecular weight excluding hydrogens is 494 g/mol. The molecule has 0 saturated carbocycles. The maximum Gasteiger partial charge on any atom is 0.267 e. The van der Waals surface area contributed by atoms with Crippen LogP contribution in [0.5, 0.6) is 0 Å². The van der Waals surface area contributed by atoms with Gasteiger partial charge in [0.15, 0.2) is 0 Å². The third-order valence-electron chi connectivity index (χ3n) is 5.22. The Bertz CT molecular complexity index is 1370. The lowest BCUT2D eigenvalue weighted by atomic mass is 10.1. The highest BCUT2D eigenvalue weighted by molar-refractivity contribution is 5.97. The Labute approximate surface area is 228 Å². The van der Waals surface area contributed by atoms with Gasteiger partial charge in [-0.25, -0.2) is 5.48 Å². The highest BCUT2D eigenvalue weighted by Crippen LogP contribution is 2.09. The molecule has 1 atom stereocenters.